The predicted molar refractivity (Wildman–Crippen MR) is 76.8 cm³/mol. The molecule has 0 fully saturated rings. The summed E-state index contributed by atoms with van der Waals surface area (Å²) in [6.07, 6.45) is 6.01. The third kappa shape index (κ3) is 6.24. The van der Waals surface area contributed by atoms with E-state index in [0.717, 1.165) is 12.2 Å². The molecule has 0 radical (unpaired) electrons. The molecule has 0 aliphatic rings. The zero-order valence-corrected chi connectivity index (χ0v) is 11.7. The second-order valence-corrected chi connectivity index (χ2v) is 4.92. The first kappa shape index (κ1) is 15.3. The Morgan fingerprint density at radius 3 is 2.83 bits per heavy atom. The highest BCUT2D eigenvalue weighted by molar-refractivity contribution is 6.30. The highest BCUT2D eigenvalue weighted by Gasteiger charge is 2.07. The van der Waals surface area contributed by atoms with Crippen LogP contribution in [0.5, 0.6) is 5.75 Å². The summed E-state index contributed by atoms with van der Waals surface area (Å²) in [4.78, 5) is 0. The lowest BCUT2D eigenvalue weighted by Crippen LogP contribution is -2.39. The van der Waals surface area contributed by atoms with Gasteiger partial charge in [-0.15, -0.1) is 0 Å². The van der Waals surface area contributed by atoms with Crippen LogP contribution in [0.25, 0.3) is 0 Å². The number of nitrogens with one attached hydrogen (secondary N) is 1. The number of rotatable bonds is 9. The fourth-order valence-corrected chi connectivity index (χ4v) is 1.97. The summed E-state index contributed by atoms with van der Waals surface area (Å²) in [6.45, 7) is 2.78. The molecule has 3 N–H and O–H groups in total. The van der Waals surface area contributed by atoms with Gasteiger partial charge >= 0.3 is 0 Å². The first-order valence-electron chi connectivity index (χ1n) is 6.60. The van der Waals surface area contributed by atoms with Crippen LogP contribution in [0.15, 0.2) is 24.3 Å². The van der Waals surface area contributed by atoms with Gasteiger partial charge in [-0.1, -0.05) is 50.3 Å². The standard InChI is InChI=1S/C14H23ClN2O/c1-2-3-4-5-8-13(17-16)11-18-14-9-6-7-12(15)10-14/h6-7,9-10,13,17H,2-5,8,11,16H2,1H3. The lowest BCUT2D eigenvalue weighted by atomic mass is 10.1. The monoisotopic (exact) mass is 270 g/mol. The number of hydrazine groups is 1. The molecule has 0 aliphatic heterocycles. The van der Waals surface area contributed by atoms with E-state index in [1.54, 1.807) is 0 Å². The number of ether oxygens (including phenoxy) is 1. The summed E-state index contributed by atoms with van der Waals surface area (Å²) in [6, 6.07) is 7.62. The molecule has 4 heteroatoms. The Morgan fingerprint density at radius 1 is 1.33 bits per heavy atom. The molecule has 0 spiro atoms. The summed E-state index contributed by atoms with van der Waals surface area (Å²) in [7, 11) is 0. The third-order valence-corrected chi connectivity index (χ3v) is 3.12. The van der Waals surface area contributed by atoms with E-state index in [0.29, 0.717) is 11.6 Å². The van der Waals surface area contributed by atoms with Gasteiger partial charge in [0, 0.05) is 5.02 Å². The molecule has 1 rings (SSSR count). The van der Waals surface area contributed by atoms with E-state index < -0.39 is 0 Å². The van der Waals surface area contributed by atoms with Gasteiger partial charge in [0.1, 0.15) is 12.4 Å². The van der Waals surface area contributed by atoms with Crippen LogP contribution in [0, 0.1) is 0 Å². The van der Waals surface area contributed by atoms with Gasteiger partial charge in [-0.05, 0) is 24.6 Å². The minimum atomic E-state index is 0.195. The molecule has 0 aliphatic carbocycles. The smallest absolute Gasteiger partial charge is 0.120 e. The van der Waals surface area contributed by atoms with Gasteiger partial charge in [-0.3, -0.25) is 11.3 Å². The Hall–Kier alpha value is -0.770. The van der Waals surface area contributed by atoms with Crippen molar-refractivity contribution in [2.75, 3.05) is 6.61 Å². The number of unbranched alkanes of at least 4 members (excludes halogenated alkanes) is 3. The first-order valence-corrected chi connectivity index (χ1v) is 6.98. The van der Waals surface area contributed by atoms with Crippen LogP contribution in [0.1, 0.15) is 39.0 Å². The highest BCUT2D eigenvalue weighted by Crippen LogP contribution is 2.17. The van der Waals surface area contributed by atoms with Gasteiger partial charge in [0.2, 0.25) is 0 Å². The summed E-state index contributed by atoms with van der Waals surface area (Å²) >= 11 is 5.89. The molecule has 0 aromatic heterocycles. The molecule has 0 bridgehead atoms. The molecule has 1 atom stereocenters. The van der Waals surface area contributed by atoms with Crippen LogP contribution < -0.4 is 16.0 Å². The lowest BCUT2D eigenvalue weighted by Gasteiger charge is -2.16. The van der Waals surface area contributed by atoms with Gasteiger partial charge in [-0.25, -0.2) is 0 Å². The fourth-order valence-electron chi connectivity index (χ4n) is 1.79. The lowest BCUT2D eigenvalue weighted by molar-refractivity contribution is 0.254. The number of benzene rings is 1. The Balaban J connectivity index is 2.26. The number of halogens is 1. The van der Waals surface area contributed by atoms with Crippen molar-refractivity contribution in [3.05, 3.63) is 29.3 Å². The molecule has 0 amide bonds. The molecule has 102 valence electrons. The molecule has 0 saturated carbocycles. The molecule has 1 aromatic carbocycles. The van der Waals surface area contributed by atoms with Gasteiger partial charge in [0.25, 0.3) is 0 Å². The predicted octanol–water partition coefficient (Wildman–Crippen LogP) is 3.52. The SMILES string of the molecule is CCCCCCC(COc1cccc(Cl)c1)NN. The quantitative estimate of drug-likeness (QED) is 0.410. The van der Waals surface area contributed by atoms with E-state index in [1.165, 1.54) is 25.7 Å². The van der Waals surface area contributed by atoms with Crippen LogP contribution >= 0.6 is 11.6 Å². The molecule has 0 saturated heterocycles. The molecule has 3 nitrogen and oxygen atoms in total. The maximum atomic E-state index is 5.89. The number of hydrogen-bond acceptors (Lipinski definition) is 3. The summed E-state index contributed by atoms with van der Waals surface area (Å²) in [5, 5.41) is 0.688. The summed E-state index contributed by atoms with van der Waals surface area (Å²) in [5.41, 5.74) is 2.81. The van der Waals surface area contributed by atoms with Crippen LogP contribution in [-0.4, -0.2) is 12.6 Å². The van der Waals surface area contributed by atoms with Crippen LogP contribution in [-0.2, 0) is 0 Å². The molecule has 1 aromatic rings. The summed E-state index contributed by atoms with van der Waals surface area (Å²) < 4.78 is 5.67. The van der Waals surface area contributed by atoms with E-state index in [-0.39, 0.29) is 6.04 Å². The maximum Gasteiger partial charge on any atom is 0.120 e. The van der Waals surface area contributed by atoms with Crippen LogP contribution in [0.2, 0.25) is 5.02 Å². The maximum absolute atomic E-state index is 5.89. The van der Waals surface area contributed by atoms with Gasteiger partial charge < -0.3 is 4.74 Å². The first-order chi connectivity index (χ1) is 8.76. The van der Waals surface area contributed by atoms with Crippen molar-refractivity contribution in [1.29, 1.82) is 0 Å². The van der Waals surface area contributed by atoms with Gasteiger partial charge in [-0.2, -0.15) is 0 Å². The Labute approximate surface area is 115 Å². The zero-order valence-electron chi connectivity index (χ0n) is 11.0. The van der Waals surface area contributed by atoms with Crippen molar-refractivity contribution in [2.45, 2.75) is 45.1 Å². The third-order valence-electron chi connectivity index (χ3n) is 2.89. The van der Waals surface area contributed by atoms with Crippen LogP contribution in [0.4, 0.5) is 0 Å². The van der Waals surface area contributed by atoms with E-state index in [4.69, 9.17) is 22.2 Å². The fraction of sp³-hybridized carbons (Fsp3) is 0.571. The number of hydrogen-bond donors (Lipinski definition) is 2. The van der Waals surface area contributed by atoms with Crippen LogP contribution in [0.3, 0.4) is 0 Å². The average Bonchev–Trinajstić information content (AvgIpc) is 2.38. The Morgan fingerprint density at radius 2 is 2.17 bits per heavy atom. The average molecular weight is 271 g/mol. The van der Waals surface area contributed by atoms with Crippen molar-refractivity contribution in [1.82, 2.24) is 5.43 Å². The molecular formula is C14H23ClN2O. The minimum Gasteiger partial charge on any atom is -0.492 e. The Bertz CT molecular complexity index is 333. The molecule has 0 heterocycles. The van der Waals surface area contributed by atoms with Crippen molar-refractivity contribution >= 4 is 11.6 Å². The minimum absolute atomic E-state index is 0.195. The normalized spacial score (nSPS) is 12.4. The largest absolute Gasteiger partial charge is 0.492 e. The number of nitrogens with two attached hydrogens (primary N) is 1. The van der Waals surface area contributed by atoms with E-state index >= 15 is 0 Å². The van der Waals surface area contributed by atoms with E-state index in [1.807, 2.05) is 24.3 Å². The van der Waals surface area contributed by atoms with Crippen molar-refractivity contribution < 1.29 is 4.74 Å². The van der Waals surface area contributed by atoms with Gasteiger partial charge in [0.05, 0.1) is 6.04 Å². The second-order valence-electron chi connectivity index (χ2n) is 4.48. The topological polar surface area (TPSA) is 47.3 Å². The van der Waals surface area contributed by atoms with Crippen molar-refractivity contribution in [2.24, 2.45) is 5.84 Å². The van der Waals surface area contributed by atoms with Crippen molar-refractivity contribution in [3.63, 3.8) is 0 Å². The van der Waals surface area contributed by atoms with E-state index in [2.05, 4.69) is 12.3 Å². The molecule has 1 unspecified atom stereocenters. The summed E-state index contributed by atoms with van der Waals surface area (Å²) in [5.74, 6) is 6.31. The van der Waals surface area contributed by atoms with Gasteiger partial charge in [0.15, 0.2) is 0 Å². The second kappa shape index (κ2) is 9.20. The molecule has 18 heavy (non-hydrogen) atoms. The highest BCUT2D eigenvalue weighted by atomic mass is 35.5. The zero-order chi connectivity index (χ0) is 13.2. The Kier molecular flexibility index (Phi) is 7.81. The molecular weight excluding hydrogens is 248 g/mol. The van der Waals surface area contributed by atoms with Crippen molar-refractivity contribution in [3.8, 4) is 5.75 Å². The van der Waals surface area contributed by atoms with E-state index in [9.17, 15) is 0 Å².